The highest BCUT2D eigenvalue weighted by Gasteiger charge is 2.15. The summed E-state index contributed by atoms with van der Waals surface area (Å²) in [4.78, 5) is 32.1. The van der Waals surface area contributed by atoms with Gasteiger partial charge in [-0.25, -0.2) is 9.97 Å². The highest BCUT2D eigenvalue weighted by molar-refractivity contribution is 7.99. The normalized spacial score (nSPS) is 10.2. The molecule has 0 radical (unpaired) electrons. The van der Waals surface area contributed by atoms with Crippen LogP contribution >= 0.6 is 35.0 Å². The third-order valence-electron chi connectivity index (χ3n) is 2.61. The van der Waals surface area contributed by atoms with Crippen LogP contribution in [0.5, 0.6) is 0 Å². The van der Waals surface area contributed by atoms with E-state index in [9.17, 15) is 9.59 Å². The lowest BCUT2D eigenvalue weighted by Crippen LogP contribution is -2.42. The molecule has 0 aliphatic rings. The number of hydrazine groups is 1. The number of hydrogen-bond donors (Lipinski definition) is 2. The monoisotopic (exact) mass is 370 g/mol. The third kappa shape index (κ3) is 4.82. The van der Waals surface area contributed by atoms with E-state index in [4.69, 9.17) is 23.2 Å². The summed E-state index contributed by atoms with van der Waals surface area (Å²) in [6.45, 7) is 1.94. The van der Waals surface area contributed by atoms with Crippen LogP contribution in [0.4, 0.5) is 0 Å². The van der Waals surface area contributed by atoms with Crippen molar-refractivity contribution < 1.29 is 9.59 Å². The van der Waals surface area contributed by atoms with Crippen molar-refractivity contribution in [1.82, 2.24) is 20.8 Å². The number of aromatic nitrogens is 2. The fourth-order valence-electron chi connectivity index (χ4n) is 1.55. The van der Waals surface area contributed by atoms with Crippen LogP contribution < -0.4 is 10.9 Å². The maximum absolute atomic E-state index is 12.1. The number of carbonyl (C=O) groups is 2. The van der Waals surface area contributed by atoms with Gasteiger partial charge in [0.05, 0.1) is 11.2 Å². The maximum Gasteiger partial charge on any atom is 0.289 e. The van der Waals surface area contributed by atoms with Gasteiger partial charge in [-0.15, -0.1) is 0 Å². The van der Waals surface area contributed by atoms with E-state index in [1.165, 1.54) is 30.1 Å². The number of hydrogen-bond acceptors (Lipinski definition) is 5. The summed E-state index contributed by atoms with van der Waals surface area (Å²) in [5, 5.41) is 1.05. The van der Waals surface area contributed by atoms with Gasteiger partial charge >= 0.3 is 0 Å². The number of carbonyl (C=O) groups excluding carboxylic acids is 2. The van der Waals surface area contributed by atoms with Gasteiger partial charge in [0.1, 0.15) is 0 Å². The first-order chi connectivity index (χ1) is 11.0. The van der Waals surface area contributed by atoms with Crippen LogP contribution in [0.3, 0.4) is 0 Å². The number of nitrogens with zero attached hydrogens (tertiary/aromatic N) is 2. The molecule has 2 aromatic rings. The molecular formula is C14H12Cl2N4O2S. The second kappa shape index (κ2) is 8.14. The zero-order valence-electron chi connectivity index (χ0n) is 12.0. The molecular weight excluding hydrogens is 359 g/mol. The minimum Gasteiger partial charge on any atom is -0.267 e. The summed E-state index contributed by atoms with van der Waals surface area (Å²) in [7, 11) is 0. The van der Waals surface area contributed by atoms with Crippen LogP contribution in [-0.4, -0.2) is 27.5 Å². The van der Waals surface area contributed by atoms with Crippen molar-refractivity contribution in [2.45, 2.75) is 12.1 Å². The van der Waals surface area contributed by atoms with E-state index in [2.05, 4.69) is 20.8 Å². The molecule has 2 N–H and O–H groups in total. The van der Waals surface area contributed by atoms with E-state index in [0.29, 0.717) is 15.7 Å². The van der Waals surface area contributed by atoms with Gasteiger partial charge in [0, 0.05) is 10.6 Å². The summed E-state index contributed by atoms with van der Waals surface area (Å²) < 4.78 is 0. The molecule has 0 unspecified atom stereocenters. The molecule has 0 saturated carbocycles. The number of halogens is 2. The van der Waals surface area contributed by atoms with Crippen LogP contribution in [0, 0.1) is 0 Å². The van der Waals surface area contributed by atoms with E-state index in [0.717, 1.165) is 5.75 Å². The van der Waals surface area contributed by atoms with Gasteiger partial charge < -0.3 is 0 Å². The predicted molar refractivity (Wildman–Crippen MR) is 89.8 cm³/mol. The van der Waals surface area contributed by atoms with E-state index in [1.807, 2.05) is 6.92 Å². The molecule has 0 spiro atoms. The van der Waals surface area contributed by atoms with Gasteiger partial charge in [-0.3, -0.25) is 20.4 Å². The molecule has 1 aromatic carbocycles. The lowest BCUT2D eigenvalue weighted by Gasteiger charge is -2.08. The summed E-state index contributed by atoms with van der Waals surface area (Å²) in [6.07, 6.45) is 1.35. The lowest BCUT2D eigenvalue weighted by atomic mass is 10.2. The highest BCUT2D eigenvalue weighted by atomic mass is 35.5. The van der Waals surface area contributed by atoms with Crippen LogP contribution in [-0.2, 0) is 0 Å². The molecule has 1 heterocycles. The Hall–Kier alpha value is -1.83. The van der Waals surface area contributed by atoms with Gasteiger partial charge in [-0.2, -0.15) is 0 Å². The number of thioether (sulfide) groups is 1. The smallest absolute Gasteiger partial charge is 0.267 e. The average Bonchev–Trinajstić information content (AvgIpc) is 2.55. The van der Waals surface area contributed by atoms with Crippen molar-refractivity contribution in [1.29, 1.82) is 0 Å². The molecule has 0 aliphatic heterocycles. The maximum atomic E-state index is 12.1. The summed E-state index contributed by atoms with van der Waals surface area (Å²) in [5.74, 6) is -0.350. The third-order valence-corrected chi connectivity index (χ3v) is 3.88. The SMILES string of the molecule is CCSc1ncc(Cl)c(C(=O)NNC(=O)c2ccc(Cl)cc2)n1. The van der Waals surface area contributed by atoms with E-state index in [1.54, 1.807) is 12.1 Å². The first kappa shape index (κ1) is 17.5. The summed E-state index contributed by atoms with van der Waals surface area (Å²) in [5.41, 5.74) is 4.90. The standard InChI is InChI=1S/C14H12Cl2N4O2S/c1-2-23-14-17-7-10(16)11(18-14)13(22)20-19-12(21)8-3-5-9(15)6-4-8/h3-7H,2H2,1H3,(H,19,21)(H,20,22). The quantitative estimate of drug-likeness (QED) is 0.491. The zero-order chi connectivity index (χ0) is 16.8. The largest absolute Gasteiger partial charge is 0.289 e. The first-order valence-electron chi connectivity index (χ1n) is 6.53. The Kier molecular flexibility index (Phi) is 6.20. The first-order valence-corrected chi connectivity index (χ1v) is 8.27. The van der Waals surface area contributed by atoms with Crippen molar-refractivity contribution in [3.63, 3.8) is 0 Å². The van der Waals surface area contributed by atoms with E-state index >= 15 is 0 Å². The van der Waals surface area contributed by atoms with Crippen LogP contribution in [0.15, 0.2) is 35.6 Å². The van der Waals surface area contributed by atoms with Gasteiger partial charge in [-0.1, -0.05) is 41.9 Å². The minimum absolute atomic E-state index is 0.00553. The molecule has 0 bridgehead atoms. The predicted octanol–water partition coefficient (Wildman–Crippen LogP) is 2.97. The van der Waals surface area contributed by atoms with Crippen LogP contribution in [0.2, 0.25) is 10.0 Å². The Balaban J connectivity index is 2.03. The average molecular weight is 371 g/mol. The molecule has 0 fully saturated rings. The Morgan fingerprint density at radius 2 is 1.78 bits per heavy atom. The second-order valence-corrected chi connectivity index (χ2v) is 6.27. The second-order valence-electron chi connectivity index (χ2n) is 4.20. The van der Waals surface area contributed by atoms with Crippen LogP contribution in [0.25, 0.3) is 0 Å². The number of benzene rings is 1. The van der Waals surface area contributed by atoms with Crippen LogP contribution in [0.1, 0.15) is 27.8 Å². The minimum atomic E-state index is -0.627. The molecule has 1 aromatic heterocycles. The fraction of sp³-hybridized carbons (Fsp3) is 0.143. The Bertz CT molecular complexity index is 725. The number of amides is 2. The molecule has 0 atom stereocenters. The van der Waals surface area contributed by atoms with E-state index in [-0.39, 0.29) is 10.7 Å². The lowest BCUT2D eigenvalue weighted by molar-refractivity contribution is 0.0843. The molecule has 2 rings (SSSR count). The van der Waals surface area contributed by atoms with Crippen molar-refractivity contribution >= 4 is 46.8 Å². The summed E-state index contributed by atoms with van der Waals surface area (Å²) in [6, 6.07) is 6.23. The molecule has 120 valence electrons. The number of nitrogens with one attached hydrogen (secondary N) is 2. The van der Waals surface area contributed by atoms with Crippen molar-refractivity contribution in [3.05, 3.63) is 51.8 Å². The zero-order valence-corrected chi connectivity index (χ0v) is 14.3. The van der Waals surface area contributed by atoms with Gasteiger partial charge in [0.25, 0.3) is 11.8 Å². The van der Waals surface area contributed by atoms with Gasteiger partial charge in [-0.05, 0) is 30.0 Å². The molecule has 2 amide bonds. The van der Waals surface area contributed by atoms with Crippen molar-refractivity contribution in [3.8, 4) is 0 Å². The molecule has 0 aliphatic carbocycles. The van der Waals surface area contributed by atoms with Crippen molar-refractivity contribution in [2.75, 3.05) is 5.75 Å². The topological polar surface area (TPSA) is 84.0 Å². The molecule has 6 nitrogen and oxygen atoms in total. The van der Waals surface area contributed by atoms with Crippen molar-refractivity contribution in [2.24, 2.45) is 0 Å². The fourth-order valence-corrected chi connectivity index (χ4v) is 2.40. The molecule has 9 heteroatoms. The Labute approximate surface area is 147 Å². The summed E-state index contributed by atoms with van der Waals surface area (Å²) >= 11 is 13.0. The van der Waals surface area contributed by atoms with Gasteiger partial charge in [0.2, 0.25) is 0 Å². The van der Waals surface area contributed by atoms with E-state index < -0.39 is 11.8 Å². The number of rotatable bonds is 4. The van der Waals surface area contributed by atoms with Gasteiger partial charge in [0.15, 0.2) is 10.9 Å². The molecule has 0 saturated heterocycles. The Morgan fingerprint density at radius 3 is 2.43 bits per heavy atom. The molecule has 23 heavy (non-hydrogen) atoms. The highest BCUT2D eigenvalue weighted by Crippen LogP contribution is 2.17. The Morgan fingerprint density at radius 1 is 1.13 bits per heavy atom.